The van der Waals surface area contributed by atoms with Gasteiger partial charge in [0.05, 0.1) is 27.8 Å². The molecule has 2 fully saturated rings. The molecule has 1 saturated heterocycles. The maximum Gasteiger partial charge on any atom is 0.224 e. The van der Waals surface area contributed by atoms with Gasteiger partial charge in [-0.15, -0.1) is 0 Å². The summed E-state index contributed by atoms with van der Waals surface area (Å²) >= 11 is 0. The Morgan fingerprint density at radius 3 is 2.31 bits per heavy atom. The average molecular weight is 405 g/mol. The van der Waals surface area contributed by atoms with Crippen molar-refractivity contribution in [1.82, 2.24) is 10.2 Å². The number of rotatable bonds is 8. The first kappa shape index (κ1) is 21.8. The van der Waals surface area contributed by atoms with E-state index in [0.29, 0.717) is 23.7 Å². The standard InChI is InChI=1S/C23H36N2O4/c1-27-20-12-18(13-21(28-2)23(20)29-3)14-22(26)24-19-10-7-11-25(16-19)15-17-8-5-4-6-9-17/h12-13,17,19H,4-11,14-16H2,1-3H3,(H,24,26)/t19-/m0/s1. The summed E-state index contributed by atoms with van der Waals surface area (Å²) in [7, 11) is 4.75. The van der Waals surface area contributed by atoms with Crippen LogP contribution in [-0.4, -0.2) is 57.8 Å². The van der Waals surface area contributed by atoms with E-state index in [9.17, 15) is 4.79 Å². The molecular formula is C23H36N2O4. The first-order chi connectivity index (χ1) is 14.1. The van der Waals surface area contributed by atoms with Crippen molar-refractivity contribution in [1.29, 1.82) is 0 Å². The third-order valence-electron chi connectivity index (χ3n) is 6.20. The van der Waals surface area contributed by atoms with E-state index in [1.54, 1.807) is 21.3 Å². The molecule has 6 heteroatoms. The SMILES string of the molecule is COc1cc(CC(=O)N[C@H]2CCCN(CC3CCCCC3)C2)cc(OC)c1OC. The van der Waals surface area contributed by atoms with Crippen LogP contribution in [0.2, 0.25) is 0 Å². The van der Waals surface area contributed by atoms with E-state index < -0.39 is 0 Å². The van der Waals surface area contributed by atoms with Crippen molar-refractivity contribution >= 4 is 5.91 Å². The number of hydrogen-bond donors (Lipinski definition) is 1. The summed E-state index contributed by atoms with van der Waals surface area (Å²) in [4.78, 5) is 15.2. The highest BCUT2D eigenvalue weighted by Crippen LogP contribution is 2.38. The van der Waals surface area contributed by atoms with Gasteiger partial charge in [0.2, 0.25) is 11.7 Å². The van der Waals surface area contributed by atoms with Crippen LogP contribution in [0, 0.1) is 5.92 Å². The molecule has 1 N–H and O–H groups in total. The Kier molecular flexibility index (Phi) is 8.04. The average Bonchev–Trinajstić information content (AvgIpc) is 2.73. The molecule has 162 valence electrons. The number of hydrogen-bond acceptors (Lipinski definition) is 5. The van der Waals surface area contributed by atoms with Crippen LogP contribution in [-0.2, 0) is 11.2 Å². The lowest BCUT2D eigenvalue weighted by atomic mass is 9.88. The van der Waals surface area contributed by atoms with Crippen LogP contribution in [0.25, 0.3) is 0 Å². The summed E-state index contributed by atoms with van der Waals surface area (Å²) in [6.45, 7) is 3.33. The number of amides is 1. The third-order valence-corrected chi connectivity index (χ3v) is 6.20. The number of nitrogens with zero attached hydrogens (tertiary/aromatic N) is 1. The van der Waals surface area contributed by atoms with E-state index in [-0.39, 0.29) is 11.9 Å². The van der Waals surface area contributed by atoms with Crippen molar-refractivity contribution in [3.05, 3.63) is 17.7 Å². The molecule has 3 rings (SSSR count). The van der Waals surface area contributed by atoms with E-state index in [4.69, 9.17) is 14.2 Å². The summed E-state index contributed by atoms with van der Waals surface area (Å²) in [5.41, 5.74) is 0.854. The number of ether oxygens (including phenoxy) is 3. The first-order valence-electron chi connectivity index (χ1n) is 10.9. The van der Waals surface area contributed by atoms with Crippen molar-refractivity contribution in [3.8, 4) is 17.2 Å². The molecule has 1 heterocycles. The number of carbonyl (C=O) groups is 1. The van der Waals surface area contributed by atoms with E-state index in [2.05, 4.69) is 10.2 Å². The Hall–Kier alpha value is -1.95. The van der Waals surface area contributed by atoms with Gasteiger partial charge < -0.3 is 24.4 Å². The third kappa shape index (κ3) is 6.01. The summed E-state index contributed by atoms with van der Waals surface area (Å²) in [5, 5.41) is 3.24. The van der Waals surface area contributed by atoms with Crippen LogP contribution in [0.5, 0.6) is 17.2 Å². The van der Waals surface area contributed by atoms with E-state index >= 15 is 0 Å². The summed E-state index contributed by atoms with van der Waals surface area (Å²) in [5.74, 6) is 2.59. The number of carbonyl (C=O) groups excluding carboxylic acids is 1. The Morgan fingerprint density at radius 1 is 1.00 bits per heavy atom. The highest BCUT2D eigenvalue weighted by molar-refractivity contribution is 5.79. The van der Waals surface area contributed by atoms with Crippen molar-refractivity contribution in [2.24, 2.45) is 5.92 Å². The molecule has 0 unspecified atom stereocenters. The van der Waals surface area contributed by atoms with Gasteiger partial charge in [0.1, 0.15) is 0 Å². The normalized spacial score (nSPS) is 20.9. The second-order valence-electron chi connectivity index (χ2n) is 8.38. The smallest absolute Gasteiger partial charge is 0.224 e. The number of benzene rings is 1. The molecular weight excluding hydrogens is 368 g/mol. The molecule has 1 amide bonds. The van der Waals surface area contributed by atoms with Gasteiger partial charge in [-0.1, -0.05) is 19.3 Å². The zero-order chi connectivity index (χ0) is 20.6. The summed E-state index contributed by atoms with van der Waals surface area (Å²) in [6, 6.07) is 3.93. The van der Waals surface area contributed by atoms with Crippen molar-refractivity contribution < 1.29 is 19.0 Å². The highest BCUT2D eigenvalue weighted by Gasteiger charge is 2.24. The molecule has 1 saturated carbocycles. The van der Waals surface area contributed by atoms with Crippen LogP contribution >= 0.6 is 0 Å². The number of piperidine rings is 1. The zero-order valence-corrected chi connectivity index (χ0v) is 18.2. The number of nitrogens with one attached hydrogen (secondary N) is 1. The quantitative estimate of drug-likeness (QED) is 0.719. The predicted octanol–water partition coefficient (Wildman–Crippen LogP) is 3.42. The lowest BCUT2D eigenvalue weighted by molar-refractivity contribution is -0.121. The Balaban J connectivity index is 1.54. The van der Waals surface area contributed by atoms with Gasteiger partial charge in [-0.3, -0.25) is 4.79 Å². The molecule has 0 aromatic heterocycles. The molecule has 1 aliphatic heterocycles. The van der Waals surface area contributed by atoms with Crippen LogP contribution in [0.4, 0.5) is 0 Å². The fourth-order valence-corrected chi connectivity index (χ4v) is 4.78. The zero-order valence-electron chi connectivity index (χ0n) is 18.2. The van der Waals surface area contributed by atoms with Gasteiger partial charge in [0.25, 0.3) is 0 Å². The Bertz CT molecular complexity index is 648. The minimum Gasteiger partial charge on any atom is -0.493 e. The van der Waals surface area contributed by atoms with E-state index in [1.807, 2.05) is 12.1 Å². The van der Waals surface area contributed by atoms with Gasteiger partial charge in [-0.2, -0.15) is 0 Å². The van der Waals surface area contributed by atoms with Gasteiger partial charge in [-0.25, -0.2) is 0 Å². The first-order valence-corrected chi connectivity index (χ1v) is 10.9. The molecule has 1 aliphatic carbocycles. The highest BCUT2D eigenvalue weighted by atomic mass is 16.5. The Labute approximate surface area is 174 Å². The van der Waals surface area contributed by atoms with Crippen molar-refractivity contribution in [2.45, 2.75) is 57.4 Å². The minimum atomic E-state index is 0.0452. The van der Waals surface area contributed by atoms with Crippen molar-refractivity contribution in [2.75, 3.05) is 41.0 Å². The molecule has 29 heavy (non-hydrogen) atoms. The predicted molar refractivity (Wildman–Crippen MR) is 114 cm³/mol. The maximum absolute atomic E-state index is 12.7. The summed E-state index contributed by atoms with van der Waals surface area (Å²) in [6.07, 6.45) is 9.42. The molecule has 0 bridgehead atoms. The van der Waals surface area contributed by atoms with E-state index in [0.717, 1.165) is 37.4 Å². The Morgan fingerprint density at radius 2 is 1.69 bits per heavy atom. The van der Waals surface area contributed by atoms with Crippen LogP contribution in [0.15, 0.2) is 12.1 Å². The van der Waals surface area contributed by atoms with Crippen molar-refractivity contribution in [3.63, 3.8) is 0 Å². The van der Waals surface area contributed by atoms with Gasteiger partial charge in [0, 0.05) is 19.1 Å². The lowest BCUT2D eigenvalue weighted by Gasteiger charge is -2.36. The fourth-order valence-electron chi connectivity index (χ4n) is 4.78. The second kappa shape index (κ2) is 10.7. The fraction of sp³-hybridized carbons (Fsp3) is 0.696. The van der Waals surface area contributed by atoms with E-state index in [1.165, 1.54) is 38.6 Å². The minimum absolute atomic E-state index is 0.0452. The maximum atomic E-state index is 12.7. The lowest BCUT2D eigenvalue weighted by Crippen LogP contribution is -2.49. The molecule has 1 atom stereocenters. The molecule has 1 aromatic rings. The van der Waals surface area contributed by atoms with Gasteiger partial charge in [-0.05, 0) is 55.8 Å². The summed E-state index contributed by atoms with van der Waals surface area (Å²) < 4.78 is 16.1. The van der Waals surface area contributed by atoms with Crippen LogP contribution < -0.4 is 19.5 Å². The van der Waals surface area contributed by atoms with Crippen LogP contribution in [0.1, 0.15) is 50.5 Å². The molecule has 6 nitrogen and oxygen atoms in total. The number of methoxy groups -OCH3 is 3. The van der Waals surface area contributed by atoms with Gasteiger partial charge in [0.15, 0.2) is 11.5 Å². The molecule has 0 radical (unpaired) electrons. The molecule has 0 spiro atoms. The second-order valence-corrected chi connectivity index (χ2v) is 8.38. The monoisotopic (exact) mass is 404 g/mol. The molecule has 2 aliphatic rings. The number of likely N-dealkylation sites (tertiary alicyclic amines) is 1. The molecule has 1 aromatic carbocycles. The largest absolute Gasteiger partial charge is 0.493 e. The topological polar surface area (TPSA) is 60.0 Å². The van der Waals surface area contributed by atoms with Gasteiger partial charge >= 0.3 is 0 Å². The van der Waals surface area contributed by atoms with Crippen LogP contribution in [0.3, 0.4) is 0 Å².